The molecule has 0 bridgehead atoms. The summed E-state index contributed by atoms with van der Waals surface area (Å²) in [7, 11) is 0. The molecule has 0 saturated heterocycles. The van der Waals surface area contributed by atoms with Crippen LogP contribution in [0.3, 0.4) is 0 Å². The molecule has 1 aromatic heterocycles. The second kappa shape index (κ2) is 5.84. The zero-order valence-electron chi connectivity index (χ0n) is 9.28. The van der Waals surface area contributed by atoms with E-state index in [-0.39, 0.29) is 5.91 Å². The van der Waals surface area contributed by atoms with Crippen molar-refractivity contribution in [1.82, 2.24) is 20.5 Å². The van der Waals surface area contributed by atoms with Gasteiger partial charge in [0.2, 0.25) is 0 Å². The van der Waals surface area contributed by atoms with E-state index < -0.39 is 0 Å². The molecule has 0 aliphatic carbocycles. The molecule has 5 nitrogen and oxygen atoms in total. The molecule has 0 radical (unpaired) electrons. The largest absolute Gasteiger partial charge is 0.352 e. The van der Waals surface area contributed by atoms with E-state index >= 15 is 0 Å². The van der Waals surface area contributed by atoms with Crippen molar-refractivity contribution in [1.29, 1.82) is 0 Å². The highest BCUT2D eigenvalue weighted by molar-refractivity contribution is 6.35. The van der Waals surface area contributed by atoms with Crippen LogP contribution in [0.4, 0.5) is 0 Å². The van der Waals surface area contributed by atoms with E-state index in [4.69, 9.17) is 23.2 Å². The second-order valence-corrected chi connectivity index (χ2v) is 4.47. The lowest BCUT2D eigenvalue weighted by Gasteiger charge is -2.05. The molecule has 1 aromatic carbocycles. The number of aromatic amines is 1. The fourth-order valence-corrected chi connectivity index (χ4v) is 1.96. The van der Waals surface area contributed by atoms with E-state index in [9.17, 15) is 4.79 Å². The third-order valence-corrected chi connectivity index (χ3v) is 2.67. The van der Waals surface area contributed by atoms with Crippen LogP contribution in [0.15, 0.2) is 24.5 Å². The molecule has 18 heavy (non-hydrogen) atoms. The van der Waals surface area contributed by atoms with Crippen molar-refractivity contribution < 1.29 is 4.79 Å². The quantitative estimate of drug-likeness (QED) is 0.903. The summed E-state index contributed by atoms with van der Waals surface area (Å²) in [6.07, 6.45) is 2.01. The predicted molar refractivity (Wildman–Crippen MR) is 68.9 cm³/mol. The van der Waals surface area contributed by atoms with Gasteiger partial charge in [-0.3, -0.25) is 9.89 Å². The van der Waals surface area contributed by atoms with E-state index in [1.165, 1.54) is 6.33 Å². The SMILES string of the molecule is O=C(NCCc1ncn[nH]1)c1cc(Cl)cc(Cl)c1. The molecule has 94 valence electrons. The summed E-state index contributed by atoms with van der Waals surface area (Å²) in [6.45, 7) is 0.457. The molecule has 2 aromatic rings. The summed E-state index contributed by atoms with van der Waals surface area (Å²) in [5, 5.41) is 10.0. The van der Waals surface area contributed by atoms with Gasteiger partial charge < -0.3 is 5.32 Å². The number of hydrogen-bond donors (Lipinski definition) is 2. The number of benzene rings is 1. The van der Waals surface area contributed by atoms with Crippen molar-refractivity contribution in [2.24, 2.45) is 0 Å². The predicted octanol–water partition coefficient (Wildman–Crippen LogP) is 2.08. The highest BCUT2D eigenvalue weighted by Crippen LogP contribution is 2.18. The minimum absolute atomic E-state index is 0.223. The fourth-order valence-electron chi connectivity index (χ4n) is 1.43. The summed E-state index contributed by atoms with van der Waals surface area (Å²) in [5.74, 6) is 0.498. The maximum atomic E-state index is 11.8. The Morgan fingerprint density at radius 1 is 1.28 bits per heavy atom. The monoisotopic (exact) mass is 284 g/mol. The Balaban J connectivity index is 1.91. The number of nitrogens with zero attached hydrogens (tertiary/aromatic N) is 2. The lowest BCUT2D eigenvalue weighted by molar-refractivity contribution is 0.0954. The number of carbonyl (C=O) groups excluding carboxylic acids is 1. The standard InChI is InChI=1S/C11H10Cl2N4O/c12-8-3-7(4-9(13)5-8)11(18)14-2-1-10-15-6-16-17-10/h3-6H,1-2H2,(H,14,18)(H,15,16,17). The number of carbonyl (C=O) groups is 1. The normalized spacial score (nSPS) is 10.3. The first kappa shape index (κ1) is 12.9. The molecule has 1 heterocycles. The average Bonchev–Trinajstić information content (AvgIpc) is 2.80. The van der Waals surface area contributed by atoms with Gasteiger partial charge in [-0.25, -0.2) is 4.98 Å². The summed E-state index contributed by atoms with van der Waals surface area (Å²) in [4.78, 5) is 15.8. The van der Waals surface area contributed by atoms with Gasteiger partial charge in [-0.2, -0.15) is 5.10 Å². The van der Waals surface area contributed by atoms with E-state index in [1.54, 1.807) is 18.2 Å². The van der Waals surface area contributed by atoms with Gasteiger partial charge in [-0.15, -0.1) is 0 Å². The maximum Gasteiger partial charge on any atom is 0.251 e. The molecule has 0 unspecified atom stereocenters. The number of halogens is 2. The Morgan fingerprint density at radius 2 is 2.00 bits per heavy atom. The zero-order valence-corrected chi connectivity index (χ0v) is 10.8. The topological polar surface area (TPSA) is 70.7 Å². The van der Waals surface area contributed by atoms with Crippen molar-refractivity contribution in [3.63, 3.8) is 0 Å². The van der Waals surface area contributed by atoms with E-state index in [1.807, 2.05) is 0 Å². The fraction of sp³-hybridized carbons (Fsp3) is 0.182. The Hall–Kier alpha value is -1.59. The van der Waals surface area contributed by atoms with Crippen molar-refractivity contribution >= 4 is 29.1 Å². The van der Waals surface area contributed by atoms with Crippen LogP contribution in [0, 0.1) is 0 Å². The number of aromatic nitrogens is 3. The molecule has 0 fully saturated rings. The minimum atomic E-state index is -0.223. The van der Waals surface area contributed by atoms with Crippen molar-refractivity contribution in [3.05, 3.63) is 46.0 Å². The number of hydrogen-bond acceptors (Lipinski definition) is 3. The van der Waals surface area contributed by atoms with Crippen molar-refractivity contribution in [3.8, 4) is 0 Å². The van der Waals surface area contributed by atoms with Gasteiger partial charge in [0.25, 0.3) is 5.91 Å². The molecule has 0 aliphatic heterocycles. The third-order valence-electron chi connectivity index (χ3n) is 2.24. The van der Waals surface area contributed by atoms with Crippen LogP contribution < -0.4 is 5.32 Å². The Bertz CT molecular complexity index is 522. The molecular formula is C11H10Cl2N4O. The number of nitrogens with one attached hydrogen (secondary N) is 2. The number of rotatable bonds is 4. The first-order valence-electron chi connectivity index (χ1n) is 5.23. The summed E-state index contributed by atoms with van der Waals surface area (Å²) < 4.78 is 0. The van der Waals surface area contributed by atoms with Crippen LogP contribution in [-0.2, 0) is 6.42 Å². The maximum absolute atomic E-state index is 11.8. The van der Waals surface area contributed by atoms with Crippen molar-refractivity contribution in [2.75, 3.05) is 6.54 Å². The van der Waals surface area contributed by atoms with Gasteiger partial charge in [0.05, 0.1) is 0 Å². The van der Waals surface area contributed by atoms with Crippen LogP contribution in [-0.4, -0.2) is 27.6 Å². The number of amides is 1. The highest BCUT2D eigenvalue weighted by Gasteiger charge is 2.07. The average molecular weight is 285 g/mol. The summed E-state index contributed by atoms with van der Waals surface area (Å²) in [5.41, 5.74) is 0.435. The number of H-pyrrole nitrogens is 1. The molecule has 7 heteroatoms. The molecule has 1 amide bonds. The summed E-state index contributed by atoms with van der Waals surface area (Å²) in [6, 6.07) is 4.71. The third kappa shape index (κ3) is 3.45. The van der Waals surface area contributed by atoms with Crippen molar-refractivity contribution in [2.45, 2.75) is 6.42 Å². The summed E-state index contributed by atoms with van der Waals surface area (Å²) >= 11 is 11.6. The second-order valence-electron chi connectivity index (χ2n) is 3.60. The van der Waals surface area contributed by atoms with Gasteiger partial charge in [-0.05, 0) is 18.2 Å². The van der Waals surface area contributed by atoms with Gasteiger partial charge in [0.1, 0.15) is 12.2 Å². The molecule has 2 rings (SSSR count). The molecule has 0 aliphatic rings. The van der Waals surface area contributed by atoms with E-state index in [0.29, 0.717) is 28.6 Å². The van der Waals surface area contributed by atoms with Crippen LogP contribution in [0.1, 0.15) is 16.2 Å². The smallest absolute Gasteiger partial charge is 0.251 e. The lowest BCUT2D eigenvalue weighted by Crippen LogP contribution is -2.25. The molecule has 0 atom stereocenters. The Labute approximate surface area is 114 Å². The molecule has 0 saturated carbocycles. The molecule has 0 spiro atoms. The van der Waals surface area contributed by atoms with Crippen LogP contribution in [0.25, 0.3) is 0 Å². The van der Waals surface area contributed by atoms with Crippen LogP contribution in [0.5, 0.6) is 0 Å². The minimum Gasteiger partial charge on any atom is -0.352 e. The first-order chi connectivity index (χ1) is 8.65. The first-order valence-corrected chi connectivity index (χ1v) is 5.99. The van der Waals surface area contributed by atoms with E-state index in [0.717, 1.165) is 5.82 Å². The zero-order chi connectivity index (χ0) is 13.0. The Kier molecular flexibility index (Phi) is 4.17. The Morgan fingerprint density at radius 3 is 2.61 bits per heavy atom. The van der Waals surface area contributed by atoms with Gasteiger partial charge in [-0.1, -0.05) is 23.2 Å². The van der Waals surface area contributed by atoms with Crippen LogP contribution >= 0.6 is 23.2 Å². The van der Waals surface area contributed by atoms with Gasteiger partial charge >= 0.3 is 0 Å². The van der Waals surface area contributed by atoms with E-state index in [2.05, 4.69) is 20.5 Å². The molecular weight excluding hydrogens is 275 g/mol. The van der Waals surface area contributed by atoms with Crippen LogP contribution in [0.2, 0.25) is 10.0 Å². The van der Waals surface area contributed by atoms with Gasteiger partial charge in [0, 0.05) is 28.6 Å². The molecule has 2 N–H and O–H groups in total. The van der Waals surface area contributed by atoms with Gasteiger partial charge in [0.15, 0.2) is 0 Å². The highest BCUT2D eigenvalue weighted by atomic mass is 35.5. The lowest BCUT2D eigenvalue weighted by atomic mass is 10.2.